The summed E-state index contributed by atoms with van der Waals surface area (Å²) in [6.45, 7) is 3.47. The molecule has 2 N–H and O–H groups in total. The van der Waals surface area contributed by atoms with Gasteiger partial charge in [-0.05, 0) is 57.0 Å². The molecule has 7 nitrogen and oxygen atoms in total. The molecule has 0 saturated heterocycles. The number of hydrogen-bond donors (Lipinski definition) is 2. The summed E-state index contributed by atoms with van der Waals surface area (Å²) in [5, 5.41) is 5.39. The van der Waals surface area contributed by atoms with Crippen LogP contribution in [0, 0.1) is 12.7 Å². The van der Waals surface area contributed by atoms with Crippen LogP contribution in [0.3, 0.4) is 0 Å². The van der Waals surface area contributed by atoms with Crippen LogP contribution in [-0.4, -0.2) is 45.5 Å². The fraction of sp³-hybridized carbons (Fsp3) is 0.400. The first-order valence-electron chi connectivity index (χ1n) is 11.4. The lowest BCUT2D eigenvalue weighted by Crippen LogP contribution is -2.51. The van der Waals surface area contributed by atoms with Gasteiger partial charge in [0.2, 0.25) is 17.7 Å². The Kier molecular flexibility index (Phi) is 9.40. The fourth-order valence-corrected chi connectivity index (χ4v) is 5.02. The fourth-order valence-electron chi connectivity index (χ4n) is 3.97. The van der Waals surface area contributed by atoms with Crippen molar-refractivity contribution in [2.45, 2.75) is 51.6 Å². The van der Waals surface area contributed by atoms with Gasteiger partial charge in [-0.15, -0.1) is 0 Å². The number of benzene rings is 2. The number of carbonyl (C=O) groups is 3. The largest absolute Gasteiger partial charge is 0.352 e. The molecule has 2 aromatic carbocycles. The Morgan fingerprint density at radius 2 is 1.77 bits per heavy atom. The number of nitrogens with one attached hydrogen (secondary N) is 2. The van der Waals surface area contributed by atoms with Gasteiger partial charge in [-0.2, -0.15) is 0 Å². The van der Waals surface area contributed by atoms with E-state index in [9.17, 15) is 23.0 Å². The summed E-state index contributed by atoms with van der Waals surface area (Å²) in [6.07, 6.45) is 3.79. The minimum Gasteiger partial charge on any atom is -0.352 e. The summed E-state index contributed by atoms with van der Waals surface area (Å²) in [7, 11) is -1.84. The number of rotatable bonds is 9. The molecule has 1 fully saturated rings. The Morgan fingerprint density at radius 3 is 2.40 bits per heavy atom. The highest BCUT2D eigenvalue weighted by Crippen LogP contribution is 2.25. The quantitative estimate of drug-likeness (QED) is 0.522. The van der Waals surface area contributed by atoms with Gasteiger partial charge in [0.1, 0.15) is 23.4 Å². The Labute approximate surface area is 211 Å². The third kappa shape index (κ3) is 7.60. The number of carbonyl (C=O) groups excluding carboxylic acids is 3. The SMILES string of the molecule is Cc1ccc(NC(=O)C[S@@](=O)CC(=O)N(c2ccc(F)c(Cl)c2)[C@@H](C)C(=O)NC2CCCC2)cc1. The highest BCUT2D eigenvalue weighted by Gasteiger charge is 2.31. The van der Waals surface area contributed by atoms with Crippen molar-refractivity contribution < 1.29 is 23.0 Å². The van der Waals surface area contributed by atoms with Gasteiger partial charge >= 0.3 is 0 Å². The minimum atomic E-state index is -1.84. The molecule has 0 bridgehead atoms. The molecule has 35 heavy (non-hydrogen) atoms. The Hall–Kier alpha value is -2.78. The number of amides is 3. The van der Waals surface area contributed by atoms with E-state index in [-0.39, 0.29) is 28.4 Å². The van der Waals surface area contributed by atoms with Gasteiger partial charge in [-0.25, -0.2) is 4.39 Å². The summed E-state index contributed by atoms with van der Waals surface area (Å²) < 4.78 is 26.4. The van der Waals surface area contributed by atoms with Gasteiger partial charge in [0.25, 0.3) is 0 Å². The normalized spacial score (nSPS) is 15.3. The molecular weight excluding hydrogens is 493 g/mol. The van der Waals surface area contributed by atoms with Gasteiger partial charge in [0.15, 0.2) is 0 Å². The van der Waals surface area contributed by atoms with Crippen LogP contribution >= 0.6 is 11.6 Å². The summed E-state index contributed by atoms with van der Waals surface area (Å²) in [4.78, 5) is 39.6. The number of halogens is 2. The minimum absolute atomic E-state index is 0.0401. The van der Waals surface area contributed by atoms with E-state index in [1.165, 1.54) is 12.1 Å². The Bertz CT molecular complexity index is 1110. The van der Waals surface area contributed by atoms with E-state index < -0.39 is 40.2 Å². The summed E-state index contributed by atoms with van der Waals surface area (Å²) >= 11 is 5.92. The molecule has 2 atom stereocenters. The van der Waals surface area contributed by atoms with Crippen molar-refractivity contribution in [3.05, 3.63) is 58.9 Å². The number of hydrogen-bond acceptors (Lipinski definition) is 4. The van der Waals surface area contributed by atoms with Crippen LogP contribution in [-0.2, 0) is 25.2 Å². The molecule has 3 rings (SSSR count). The van der Waals surface area contributed by atoms with E-state index in [4.69, 9.17) is 11.6 Å². The smallest absolute Gasteiger partial charge is 0.243 e. The van der Waals surface area contributed by atoms with Gasteiger partial charge in [0.05, 0.1) is 5.02 Å². The molecule has 0 heterocycles. The van der Waals surface area contributed by atoms with Crippen LogP contribution in [0.4, 0.5) is 15.8 Å². The molecule has 1 aliphatic rings. The van der Waals surface area contributed by atoms with Crippen LogP contribution in [0.1, 0.15) is 38.2 Å². The zero-order chi connectivity index (χ0) is 25.5. The number of nitrogens with zero attached hydrogens (tertiary/aromatic N) is 1. The van der Waals surface area contributed by atoms with Crippen molar-refractivity contribution in [2.75, 3.05) is 21.7 Å². The van der Waals surface area contributed by atoms with Crippen LogP contribution in [0.25, 0.3) is 0 Å². The zero-order valence-electron chi connectivity index (χ0n) is 19.7. The third-order valence-corrected chi connectivity index (χ3v) is 7.27. The van der Waals surface area contributed by atoms with Gasteiger partial charge in [-0.1, -0.05) is 42.1 Å². The summed E-state index contributed by atoms with van der Waals surface area (Å²) in [6, 6.07) is 9.90. The molecule has 0 unspecified atom stereocenters. The first-order valence-corrected chi connectivity index (χ1v) is 13.3. The molecule has 1 saturated carbocycles. The molecule has 10 heteroatoms. The molecule has 188 valence electrons. The lowest BCUT2D eigenvalue weighted by Gasteiger charge is -2.29. The Balaban J connectivity index is 1.70. The molecule has 0 radical (unpaired) electrons. The highest BCUT2D eigenvalue weighted by molar-refractivity contribution is 7.86. The van der Waals surface area contributed by atoms with Gasteiger partial charge in [0, 0.05) is 28.2 Å². The standard InChI is InChI=1S/C25H29ClFN3O4S/c1-16-7-9-19(10-8-16)28-23(31)14-35(34)15-24(32)30(20-11-12-22(27)21(26)13-20)17(2)25(33)29-18-5-3-4-6-18/h7-13,17-18H,3-6,14-15H2,1-2H3,(H,28,31)(H,29,33)/t17-,35+/m0/s1. The maximum atomic E-state index is 13.7. The van der Waals surface area contributed by atoms with Gasteiger partial charge < -0.3 is 10.6 Å². The molecule has 0 aromatic heterocycles. The van der Waals surface area contributed by atoms with Crippen LogP contribution in [0.5, 0.6) is 0 Å². The molecular formula is C25H29ClFN3O4S. The van der Waals surface area contributed by atoms with Crippen LogP contribution in [0.2, 0.25) is 5.02 Å². The van der Waals surface area contributed by atoms with Crippen LogP contribution < -0.4 is 15.5 Å². The molecule has 2 aromatic rings. The van der Waals surface area contributed by atoms with Crippen molar-refractivity contribution in [2.24, 2.45) is 0 Å². The second-order valence-corrected chi connectivity index (χ2v) is 10.5. The van der Waals surface area contributed by atoms with Crippen molar-refractivity contribution in [1.82, 2.24) is 5.32 Å². The number of aryl methyl sites for hydroxylation is 1. The predicted molar refractivity (Wildman–Crippen MR) is 136 cm³/mol. The first-order chi connectivity index (χ1) is 16.6. The second-order valence-electron chi connectivity index (χ2n) is 8.67. The van der Waals surface area contributed by atoms with Gasteiger partial charge in [-0.3, -0.25) is 23.5 Å². The molecule has 1 aliphatic carbocycles. The maximum Gasteiger partial charge on any atom is 0.243 e. The van der Waals surface area contributed by atoms with Crippen molar-refractivity contribution >= 4 is 51.5 Å². The van der Waals surface area contributed by atoms with Crippen molar-refractivity contribution in [1.29, 1.82) is 0 Å². The first kappa shape index (κ1) is 26.8. The predicted octanol–water partition coefficient (Wildman–Crippen LogP) is 3.96. The zero-order valence-corrected chi connectivity index (χ0v) is 21.3. The van der Waals surface area contributed by atoms with E-state index in [2.05, 4.69) is 10.6 Å². The average Bonchev–Trinajstić information content (AvgIpc) is 3.30. The third-order valence-electron chi connectivity index (χ3n) is 5.83. The van der Waals surface area contributed by atoms with E-state index in [1.807, 2.05) is 19.1 Å². The van der Waals surface area contributed by atoms with Crippen LogP contribution in [0.15, 0.2) is 42.5 Å². The Morgan fingerprint density at radius 1 is 1.11 bits per heavy atom. The maximum absolute atomic E-state index is 13.7. The molecule has 0 spiro atoms. The second kappa shape index (κ2) is 12.3. The average molecular weight is 522 g/mol. The topological polar surface area (TPSA) is 95.6 Å². The van der Waals surface area contributed by atoms with E-state index in [1.54, 1.807) is 19.1 Å². The summed E-state index contributed by atoms with van der Waals surface area (Å²) in [5.74, 6) is -3.04. The van der Waals surface area contributed by atoms with E-state index in [0.717, 1.165) is 42.2 Å². The van der Waals surface area contributed by atoms with Crippen molar-refractivity contribution in [3.63, 3.8) is 0 Å². The van der Waals surface area contributed by atoms with E-state index in [0.29, 0.717) is 5.69 Å². The monoisotopic (exact) mass is 521 g/mol. The highest BCUT2D eigenvalue weighted by atomic mass is 35.5. The van der Waals surface area contributed by atoms with E-state index >= 15 is 0 Å². The lowest BCUT2D eigenvalue weighted by atomic mass is 10.1. The molecule has 3 amide bonds. The molecule has 0 aliphatic heterocycles. The van der Waals surface area contributed by atoms with Crippen molar-refractivity contribution in [3.8, 4) is 0 Å². The summed E-state index contributed by atoms with van der Waals surface area (Å²) in [5.41, 5.74) is 1.80. The lowest BCUT2D eigenvalue weighted by molar-refractivity contribution is -0.125. The number of anilines is 2.